The van der Waals surface area contributed by atoms with E-state index >= 15 is 0 Å². The van der Waals surface area contributed by atoms with Gasteiger partial charge in [0.15, 0.2) is 0 Å². The summed E-state index contributed by atoms with van der Waals surface area (Å²) in [7, 11) is 0. The topological polar surface area (TPSA) is 12.2 Å². The fourth-order valence-corrected chi connectivity index (χ4v) is 2.91. The first-order valence-electron chi connectivity index (χ1n) is 4.65. The van der Waals surface area contributed by atoms with Crippen molar-refractivity contribution in [2.75, 3.05) is 0 Å². The number of ether oxygens (including phenoxy) is 1. The molecule has 2 heteroatoms. The summed E-state index contributed by atoms with van der Waals surface area (Å²) in [6.07, 6.45) is 2.56. The zero-order valence-corrected chi connectivity index (χ0v) is 7.42. The minimum absolute atomic E-state index is 0.157. The quantitative estimate of drug-likeness (QED) is 0.530. The van der Waals surface area contributed by atoms with E-state index in [4.69, 9.17) is 4.74 Å². The molecule has 0 aromatic heterocycles. The molecule has 2 aliphatic heterocycles. The maximum atomic E-state index is 5.94. The smallest absolute Gasteiger partial charge is 0.139 e. The van der Waals surface area contributed by atoms with E-state index < -0.39 is 0 Å². The van der Waals surface area contributed by atoms with Crippen molar-refractivity contribution in [1.29, 1.82) is 0 Å². The van der Waals surface area contributed by atoms with Gasteiger partial charge in [-0.05, 0) is 26.7 Å². The highest BCUT2D eigenvalue weighted by molar-refractivity contribution is 5.27. The summed E-state index contributed by atoms with van der Waals surface area (Å²) in [4.78, 5) is 2.54. The van der Waals surface area contributed by atoms with Gasteiger partial charge in [-0.1, -0.05) is 6.92 Å². The van der Waals surface area contributed by atoms with E-state index in [-0.39, 0.29) is 11.4 Å². The van der Waals surface area contributed by atoms with Gasteiger partial charge in [0.2, 0.25) is 0 Å². The molecule has 0 N–H and O–H groups in total. The van der Waals surface area contributed by atoms with Crippen LogP contribution >= 0.6 is 0 Å². The number of rotatable bonds is 1. The zero-order chi connectivity index (χ0) is 7.85. The fourth-order valence-electron chi connectivity index (χ4n) is 2.91. The third-order valence-corrected chi connectivity index (χ3v) is 3.87. The van der Waals surface area contributed by atoms with Gasteiger partial charge >= 0.3 is 0 Å². The third kappa shape index (κ3) is 0.456. The summed E-state index contributed by atoms with van der Waals surface area (Å²) in [5.74, 6) is 0.834. The van der Waals surface area contributed by atoms with E-state index in [1.165, 1.54) is 12.8 Å². The largest absolute Gasteiger partial charge is 0.338 e. The number of fused-ring (bicyclic) bond motifs is 2. The van der Waals surface area contributed by atoms with Crippen LogP contribution in [0.5, 0.6) is 0 Å². The summed E-state index contributed by atoms with van der Waals surface area (Å²) in [5.41, 5.74) is 0.396. The number of nitrogens with zero attached hydrogens (tertiary/aromatic N) is 1. The van der Waals surface area contributed by atoms with E-state index in [9.17, 15) is 0 Å². The monoisotopic (exact) mass is 153 g/mol. The van der Waals surface area contributed by atoms with Gasteiger partial charge in [-0.3, -0.25) is 0 Å². The molecular weight excluding hydrogens is 138 g/mol. The van der Waals surface area contributed by atoms with Crippen LogP contribution in [0.1, 0.15) is 33.6 Å². The highest BCUT2D eigenvalue weighted by Crippen LogP contribution is 2.72. The zero-order valence-electron chi connectivity index (χ0n) is 7.42. The van der Waals surface area contributed by atoms with Gasteiger partial charge in [0.25, 0.3) is 0 Å². The van der Waals surface area contributed by atoms with Crippen LogP contribution in [0.3, 0.4) is 0 Å². The van der Waals surface area contributed by atoms with Crippen LogP contribution in [0.25, 0.3) is 0 Å². The SMILES string of the molecule is CCC1CC12O[C@@]1(C)C(C)N21. The second-order valence-electron chi connectivity index (χ2n) is 4.36. The van der Waals surface area contributed by atoms with Crippen molar-refractivity contribution in [2.24, 2.45) is 5.92 Å². The van der Waals surface area contributed by atoms with Crippen LogP contribution < -0.4 is 0 Å². The van der Waals surface area contributed by atoms with E-state index in [1.54, 1.807) is 0 Å². The number of hydrogen-bond acceptors (Lipinski definition) is 2. The maximum absolute atomic E-state index is 5.94. The molecule has 1 saturated carbocycles. The summed E-state index contributed by atoms with van der Waals surface area (Å²) in [6, 6.07) is 0.680. The molecule has 1 aliphatic carbocycles. The van der Waals surface area contributed by atoms with Crippen molar-refractivity contribution in [2.45, 2.75) is 51.1 Å². The minimum atomic E-state index is 0.157. The molecule has 0 aromatic rings. The standard InChI is InChI=1S/C9H15NO/c1-4-7-5-9(7)10-6(2)8(10,3)11-9/h6-7H,4-5H2,1-3H3/t6?,7?,8-,9?,10?/m0/s1. The lowest BCUT2D eigenvalue weighted by Crippen LogP contribution is -2.47. The Morgan fingerprint density at radius 2 is 2.36 bits per heavy atom. The Hall–Kier alpha value is -0.0800. The second-order valence-corrected chi connectivity index (χ2v) is 4.36. The number of hydrogen-bond donors (Lipinski definition) is 0. The predicted octanol–water partition coefficient (Wildman–Crippen LogP) is 1.56. The molecule has 5 atom stereocenters. The predicted molar refractivity (Wildman–Crippen MR) is 41.9 cm³/mol. The minimum Gasteiger partial charge on any atom is -0.338 e. The van der Waals surface area contributed by atoms with Crippen molar-refractivity contribution >= 4 is 0 Å². The Morgan fingerprint density at radius 3 is 2.64 bits per heavy atom. The molecule has 1 spiro atoms. The molecule has 62 valence electrons. The maximum Gasteiger partial charge on any atom is 0.139 e. The molecule has 3 fully saturated rings. The third-order valence-electron chi connectivity index (χ3n) is 3.87. The van der Waals surface area contributed by atoms with Crippen molar-refractivity contribution < 1.29 is 4.74 Å². The Bertz CT molecular complexity index is 230. The van der Waals surface area contributed by atoms with Crippen LogP contribution in [-0.2, 0) is 4.74 Å². The Balaban J connectivity index is 1.80. The lowest BCUT2D eigenvalue weighted by atomic mass is 10.2. The van der Waals surface area contributed by atoms with Crippen molar-refractivity contribution in [3.63, 3.8) is 0 Å². The van der Waals surface area contributed by atoms with E-state index in [1.807, 2.05) is 0 Å². The molecule has 4 unspecified atom stereocenters. The van der Waals surface area contributed by atoms with Crippen LogP contribution in [0.4, 0.5) is 0 Å². The van der Waals surface area contributed by atoms with E-state index in [0.717, 1.165) is 5.92 Å². The van der Waals surface area contributed by atoms with E-state index in [0.29, 0.717) is 6.04 Å². The summed E-state index contributed by atoms with van der Waals surface area (Å²) >= 11 is 0. The average Bonchev–Trinajstić information content (AvgIpc) is 2.72. The Labute approximate surface area is 67.5 Å². The molecule has 0 bridgehead atoms. The van der Waals surface area contributed by atoms with Gasteiger partial charge in [-0.2, -0.15) is 0 Å². The van der Waals surface area contributed by atoms with Gasteiger partial charge < -0.3 is 4.74 Å². The Morgan fingerprint density at radius 1 is 1.64 bits per heavy atom. The highest BCUT2D eigenvalue weighted by Gasteiger charge is 2.85. The summed E-state index contributed by atoms with van der Waals surface area (Å²) in [5, 5.41) is 0. The molecule has 2 saturated heterocycles. The first kappa shape index (κ1) is 6.44. The molecule has 0 radical (unpaired) electrons. The van der Waals surface area contributed by atoms with Crippen LogP contribution in [0.2, 0.25) is 0 Å². The summed E-state index contributed by atoms with van der Waals surface area (Å²) in [6.45, 7) is 6.72. The van der Waals surface area contributed by atoms with Crippen LogP contribution in [-0.4, -0.2) is 22.4 Å². The van der Waals surface area contributed by atoms with Gasteiger partial charge in [0, 0.05) is 5.92 Å². The van der Waals surface area contributed by atoms with Gasteiger partial charge in [-0.15, -0.1) is 0 Å². The lowest BCUT2D eigenvalue weighted by Gasteiger charge is -2.35. The molecule has 0 amide bonds. The van der Waals surface area contributed by atoms with Crippen molar-refractivity contribution in [3.8, 4) is 0 Å². The lowest BCUT2D eigenvalue weighted by molar-refractivity contribution is -0.230. The summed E-state index contributed by atoms with van der Waals surface area (Å²) < 4.78 is 5.94. The highest BCUT2D eigenvalue weighted by atomic mass is 16.6. The molecule has 2 nitrogen and oxygen atoms in total. The van der Waals surface area contributed by atoms with E-state index in [2.05, 4.69) is 25.7 Å². The first-order chi connectivity index (χ1) is 5.15. The first-order valence-corrected chi connectivity index (χ1v) is 4.65. The van der Waals surface area contributed by atoms with Gasteiger partial charge in [0.1, 0.15) is 11.4 Å². The molecule has 11 heavy (non-hydrogen) atoms. The molecular formula is C9H15NO. The van der Waals surface area contributed by atoms with Crippen molar-refractivity contribution in [1.82, 2.24) is 4.90 Å². The van der Waals surface area contributed by atoms with Crippen LogP contribution in [0, 0.1) is 5.92 Å². The molecule has 0 aromatic carbocycles. The fraction of sp³-hybridized carbons (Fsp3) is 1.00. The molecule has 3 aliphatic rings. The van der Waals surface area contributed by atoms with Gasteiger partial charge in [0.05, 0.1) is 6.04 Å². The Kier molecular flexibility index (Phi) is 0.807. The van der Waals surface area contributed by atoms with Gasteiger partial charge in [-0.25, -0.2) is 4.90 Å². The normalized spacial score (nSPS) is 70.6. The molecule has 3 rings (SSSR count). The van der Waals surface area contributed by atoms with Crippen LogP contribution in [0.15, 0.2) is 0 Å². The molecule has 2 heterocycles. The second kappa shape index (κ2) is 1.38. The average molecular weight is 153 g/mol. The van der Waals surface area contributed by atoms with Crippen molar-refractivity contribution in [3.05, 3.63) is 0 Å².